The molecule has 0 amide bonds. The smallest absolute Gasteiger partial charge is 0.329 e. The van der Waals surface area contributed by atoms with E-state index in [0.717, 1.165) is 0 Å². The Balaban J connectivity index is 2.79. The van der Waals surface area contributed by atoms with Crippen LogP contribution in [0.15, 0.2) is 9.59 Å². The fourth-order valence-electron chi connectivity index (χ4n) is 2.04. The van der Waals surface area contributed by atoms with E-state index in [1.54, 1.807) is 18.5 Å². The summed E-state index contributed by atoms with van der Waals surface area (Å²) >= 11 is 0. The zero-order chi connectivity index (χ0) is 15.0. The van der Waals surface area contributed by atoms with Gasteiger partial charge in [-0.15, -0.1) is 0 Å². The van der Waals surface area contributed by atoms with E-state index in [1.807, 2.05) is 13.8 Å². The molecule has 0 aliphatic carbocycles. The molecule has 0 saturated carbocycles. The lowest BCUT2D eigenvalue weighted by Crippen LogP contribution is -2.29. The molecule has 1 atom stereocenters. The van der Waals surface area contributed by atoms with E-state index in [-0.39, 0.29) is 18.1 Å². The lowest BCUT2D eigenvalue weighted by Gasteiger charge is -2.13. The number of hydrogen-bond donors (Lipinski definition) is 3. The third-order valence-electron chi connectivity index (χ3n) is 2.87. The summed E-state index contributed by atoms with van der Waals surface area (Å²) in [5.74, 6) is 0.461. The van der Waals surface area contributed by atoms with Crippen molar-refractivity contribution in [2.24, 2.45) is 7.05 Å². The maximum atomic E-state index is 12.0. The van der Waals surface area contributed by atoms with E-state index in [4.69, 9.17) is 0 Å². The van der Waals surface area contributed by atoms with Crippen LogP contribution in [0, 0.1) is 0 Å². The second-order valence-electron chi connectivity index (χ2n) is 5.18. The number of hydrogen-bond acceptors (Lipinski definition) is 5. The maximum absolute atomic E-state index is 12.0. The fraction of sp³-hybridized carbons (Fsp3) is 0.583. The number of imidazole rings is 1. The minimum absolute atomic E-state index is 0.107. The standard InChI is InChI=1S/C12H19N5O3/c1-6(2)13-11-14-9-8(17(11)5-7(3)18)10(19)15-12(20)16(9)4/h6-7,18H,5H2,1-4H3,(H,13,14)(H,15,19,20)/t7-/m1/s1. The van der Waals surface area contributed by atoms with Crippen molar-refractivity contribution in [2.45, 2.75) is 39.5 Å². The first-order valence-corrected chi connectivity index (χ1v) is 6.45. The molecule has 0 aliphatic rings. The van der Waals surface area contributed by atoms with Gasteiger partial charge in [-0.25, -0.2) is 4.79 Å². The molecule has 2 rings (SSSR count). The summed E-state index contributed by atoms with van der Waals surface area (Å²) in [6.45, 7) is 5.72. The normalized spacial score (nSPS) is 13.1. The van der Waals surface area contributed by atoms with Gasteiger partial charge in [0.25, 0.3) is 5.56 Å². The first-order chi connectivity index (χ1) is 9.31. The van der Waals surface area contributed by atoms with Crippen molar-refractivity contribution in [3.8, 4) is 0 Å². The van der Waals surface area contributed by atoms with Gasteiger partial charge in [0.2, 0.25) is 5.95 Å². The maximum Gasteiger partial charge on any atom is 0.329 e. The average molecular weight is 281 g/mol. The first kappa shape index (κ1) is 14.3. The zero-order valence-electron chi connectivity index (χ0n) is 12.0. The SMILES string of the molecule is CC(C)Nc1nc2c(c(=O)[nH]c(=O)n2C)n1C[C@@H](C)O. The molecule has 0 bridgehead atoms. The molecule has 2 aromatic heterocycles. The quantitative estimate of drug-likeness (QED) is 0.709. The van der Waals surface area contributed by atoms with Crippen LogP contribution in [0.5, 0.6) is 0 Å². The van der Waals surface area contributed by atoms with E-state index in [2.05, 4.69) is 15.3 Å². The Labute approximate surface area is 115 Å². The van der Waals surface area contributed by atoms with Gasteiger partial charge in [0, 0.05) is 13.1 Å². The molecule has 0 saturated heterocycles. The molecule has 0 unspecified atom stereocenters. The Morgan fingerprint density at radius 2 is 2.00 bits per heavy atom. The highest BCUT2D eigenvalue weighted by Gasteiger charge is 2.18. The minimum Gasteiger partial charge on any atom is -0.392 e. The third-order valence-corrected chi connectivity index (χ3v) is 2.87. The molecule has 2 heterocycles. The Kier molecular flexibility index (Phi) is 3.67. The molecule has 110 valence electrons. The third kappa shape index (κ3) is 2.46. The summed E-state index contributed by atoms with van der Waals surface area (Å²) in [5.41, 5.74) is -0.452. The van der Waals surface area contributed by atoms with Crippen LogP contribution >= 0.6 is 0 Å². The Morgan fingerprint density at radius 3 is 2.55 bits per heavy atom. The van der Waals surface area contributed by atoms with Crippen LogP contribution in [0.3, 0.4) is 0 Å². The Hall–Kier alpha value is -2.09. The van der Waals surface area contributed by atoms with Gasteiger partial charge in [0.1, 0.15) is 0 Å². The summed E-state index contributed by atoms with van der Waals surface area (Å²) in [5, 5.41) is 12.7. The average Bonchev–Trinajstić information content (AvgIpc) is 2.64. The van der Waals surface area contributed by atoms with Crippen molar-refractivity contribution in [1.29, 1.82) is 0 Å². The lowest BCUT2D eigenvalue weighted by molar-refractivity contribution is 0.175. The van der Waals surface area contributed by atoms with Gasteiger partial charge in [0.15, 0.2) is 11.2 Å². The van der Waals surface area contributed by atoms with Gasteiger partial charge < -0.3 is 15.0 Å². The van der Waals surface area contributed by atoms with Crippen LogP contribution in [0.2, 0.25) is 0 Å². The van der Waals surface area contributed by atoms with Crippen LogP contribution in [0.4, 0.5) is 5.95 Å². The Bertz CT molecular complexity index is 738. The second kappa shape index (κ2) is 5.12. The molecule has 8 heteroatoms. The van der Waals surface area contributed by atoms with Crippen molar-refractivity contribution in [3.05, 3.63) is 20.8 Å². The van der Waals surface area contributed by atoms with E-state index >= 15 is 0 Å². The highest BCUT2D eigenvalue weighted by atomic mass is 16.3. The number of anilines is 1. The van der Waals surface area contributed by atoms with E-state index in [0.29, 0.717) is 11.6 Å². The Morgan fingerprint density at radius 1 is 1.35 bits per heavy atom. The largest absolute Gasteiger partial charge is 0.392 e. The fourth-order valence-corrected chi connectivity index (χ4v) is 2.04. The number of aliphatic hydroxyl groups is 1. The number of nitrogens with zero attached hydrogens (tertiary/aromatic N) is 3. The number of aryl methyl sites for hydroxylation is 1. The van der Waals surface area contributed by atoms with E-state index in [1.165, 1.54) is 4.57 Å². The van der Waals surface area contributed by atoms with Crippen molar-refractivity contribution in [2.75, 3.05) is 5.32 Å². The monoisotopic (exact) mass is 281 g/mol. The molecule has 8 nitrogen and oxygen atoms in total. The van der Waals surface area contributed by atoms with Crippen LogP contribution < -0.4 is 16.6 Å². The van der Waals surface area contributed by atoms with E-state index in [9.17, 15) is 14.7 Å². The zero-order valence-corrected chi connectivity index (χ0v) is 12.0. The minimum atomic E-state index is -0.642. The van der Waals surface area contributed by atoms with Gasteiger partial charge in [-0.1, -0.05) is 0 Å². The molecular formula is C12H19N5O3. The van der Waals surface area contributed by atoms with Gasteiger partial charge in [-0.2, -0.15) is 4.98 Å². The molecule has 0 fully saturated rings. The number of H-pyrrole nitrogens is 1. The number of aliphatic hydroxyl groups excluding tert-OH is 1. The topological polar surface area (TPSA) is 105 Å². The molecule has 0 aromatic carbocycles. The highest BCUT2D eigenvalue weighted by Crippen LogP contribution is 2.16. The summed E-state index contributed by atoms with van der Waals surface area (Å²) in [6, 6.07) is 0.107. The number of aromatic amines is 1. The van der Waals surface area contributed by atoms with Crippen molar-refractivity contribution in [1.82, 2.24) is 19.1 Å². The molecule has 0 radical (unpaired) electrons. The molecule has 2 aromatic rings. The predicted molar refractivity (Wildman–Crippen MR) is 76.0 cm³/mol. The summed E-state index contributed by atoms with van der Waals surface area (Å²) in [6.07, 6.45) is -0.642. The van der Waals surface area contributed by atoms with E-state index < -0.39 is 17.4 Å². The highest BCUT2D eigenvalue weighted by molar-refractivity contribution is 5.74. The van der Waals surface area contributed by atoms with Crippen LogP contribution in [-0.2, 0) is 13.6 Å². The summed E-state index contributed by atoms with van der Waals surface area (Å²) in [7, 11) is 1.54. The van der Waals surface area contributed by atoms with Crippen LogP contribution in [0.25, 0.3) is 11.2 Å². The summed E-state index contributed by atoms with van der Waals surface area (Å²) < 4.78 is 2.87. The predicted octanol–water partition coefficient (Wildman–Crippen LogP) is -0.376. The number of aromatic nitrogens is 4. The number of nitrogens with one attached hydrogen (secondary N) is 2. The van der Waals surface area contributed by atoms with Crippen molar-refractivity contribution in [3.63, 3.8) is 0 Å². The van der Waals surface area contributed by atoms with Crippen LogP contribution in [-0.4, -0.2) is 36.4 Å². The molecule has 0 spiro atoms. The molecular weight excluding hydrogens is 262 g/mol. The first-order valence-electron chi connectivity index (χ1n) is 6.45. The van der Waals surface area contributed by atoms with Gasteiger partial charge in [0.05, 0.1) is 12.6 Å². The lowest BCUT2D eigenvalue weighted by atomic mass is 10.4. The second-order valence-corrected chi connectivity index (χ2v) is 5.18. The number of fused-ring (bicyclic) bond motifs is 1. The van der Waals surface area contributed by atoms with Gasteiger partial charge in [-0.05, 0) is 20.8 Å². The molecule has 20 heavy (non-hydrogen) atoms. The van der Waals surface area contributed by atoms with Gasteiger partial charge >= 0.3 is 5.69 Å². The van der Waals surface area contributed by atoms with Gasteiger partial charge in [-0.3, -0.25) is 14.3 Å². The van der Waals surface area contributed by atoms with Crippen molar-refractivity contribution >= 4 is 17.1 Å². The molecule has 0 aliphatic heterocycles. The number of rotatable bonds is 4. The molecule has 3 N–H and O–H groups in total. The van der Waals surface area contributed by atoms with Crippen LogP contribution in [0.1, 0.15) is 20.8 Å². The summed E-state index contributed by atoms with van der Waals surface area (Å²) in [4.78, 5) is 30.2. The van der Waals surface area contributed by atoms with Crippen molar-refractivity contribution < 1.29 is 5.11 Å².